The Morgan fingerprint density at radius 3 is 2.38 bits per heavy atom. The third kappa shape index (κ3) is 3.62. The molecule has 6 heteroatoms. The van der Waals surface area contributed by atoms with Crippen LogP contribution in [0.5, 0.6) is 11.5 Å². The van der Waals surface area contributed by atoms with Crippen molar-refractivity contribution in [3.8, 4) is 11.5 Å². The number of benzene rings is 2. The van der Waals surface area contributed by atoms with Crippen molar-refractivity contribution in [2.45, 2.75) is 6.61 Å². The van der Waals surface area contributed by atoms with Gasteiger partial charge < -0.3 is 9.47 Å². The minimum atomic E-state index is 0.108. The molecule has 0 amide bonds. The number of halogens is 3. The molecule has 0 atom stereocenters. The topological polar surface area (TPSA) is 35.5 Å². The molecule has 2 rings (SSSR count). The van der Waals surface area contributed by atoms with Crippen LogP contribution < -0.4 is 9.47 Å². The molecule has 21 heavy (non-hydrogen) atoms. The third-order valence-corrected chi connectivity index (χ3v) is 3.74. The van der Waals surface area contributed by atoms with E-state index in [0.29, 0.717) is 44.0 Å². The molecule has 0 aliphatic heterocycles. The molecular formula is C15H11Cl3O3. The molecule has 2 aromatic rings. The van der Waals surface area contributed by atoms with Crippen molar-refractivity contribution >= 4 is 41.1 Å². The average molecular weight is 346 g/mol. The van der Waals surface area contributed by atoms with E-state index in [-0.39, 0.29) is 6.61 Å². The van der Waals surface area contributed by atoms with Gasteiger partial charge in [0.25, 0.3) is 0 Å². The van der Waals surface area contributed by atoms with E-state index in [4.69, 9.17) is 44.3 Å². The van der Waals surface area contributed by atoms with E-state index in [0.717, 1.165) is 0 Å². The fraction of sp³-hybridized carbons (Fsp3) is 0.133. The van der Waals surface area contributed by atoms with E-state index >= 15 is 0 Å². The second-order valence-corrected chi connectivity index (χ2v) is 5.38. The Morgan fingerprint density at radius 1 is 1.14 bits per heavy atom. The number of methoxy groups -OCH3 is 1. The summed E-state index contributed by atoms with van der Waals surface area (Å²) < 4.78 is 10.9. The molecule has 2 aromatic carbocycles. The number of ether oxygens (including phenoxy) is 2. The molecule has 0 saturated heterocycles. The maximum Gasteiger partial charge on any atom is 0.172 e. The first kappa shape index (κ1) is 16.0. The molecule has 0 N–H and O–H groups in total. The number of carbonyl (C=O) groups excluding carboxylic acids is 1. The molecule has 0 spiro atoms. The highest BCUT2D eigenvalue weighted by molar-refractivity contribution is 6.36. The van der Waals surface area contributed by atoms with Gasteiger partial charge in [0.05, 0.1) is 12.7 Å². The first-order valence-electron chi connectivity index (χ1n) is 5.95. The maximum absolute atomic E-state index is 11.1. The number of rotatable bonds is 5. The van der Waals surface area contributed by atoms with Crippen LogP contribution in [0.15, 0.2) is 30.3 Å². The first-order valence-corrected chi connectivity index (χ1v) is 7.08. The summed E-state index contributed by atoms with van der Waals surface area (Å²) in [6.07, 6.45) is 0.651. The Hall–Kier alpha value is -1.42. The molecule has 0 unspecified atom stereocenters. The lowest BCUT2D eigenvalue weighted by atomic mass is 10.2. The van der Waals surface area contributed by atoms with Gasteiger partial charge in [0.2, 0.25) is 0 Å². The van der Waals surface area contributed by atoms with Gasteiger partial charge in [0, 0.05) is 26.7 Å². The fourth-order valence-corrected chi connectivity index (χ4v) is 2.52. The van der Waals surface area contributed by atoms with Crippen molar-refractivity contribution in [1.29, 1.82) is 0 Å². The number of hydrogen-bond acceptors (Lipinski definition) is 3. The molecule has 3 nitrogen and oxygen atoms in total. The van der Waals surface area contributed by atoms with Crippen molar-refractivity contribution < 1.29 is 14.3 Å². The van der Waals surface area contributed by atoms with Crippen molar-refractivity contribution in [2.75, 3.05) is 7.11 Å². The quantitative estimate of drug-likeness (QED) is 0.712. The standard InChI is InChI=1S/C15H11Cl3O3/c1-20-14-6-10(16)5-9(7-19)15(14)21-8-11-12(17)3-2-4-13(11)18/h2-7H,8H2,1H3. The third-order valence-electron chi connectivity index (χ3n) is 2.82. The van der Waals surface area contributed by atoms with E-state index in [9.17, 15) is 4.79 Å². The highest BCUT2D eigenvalue weighted by Crippen LogP contribution is 2.35. The average Bonchev–Trinajstić information content (AvgIpc) is 2.47. The fourth-order valence-electron chi connectivity index (χ4n) is 1.80. The zero-order chi connectivity index (χ0) is 15.4. The van der Waals surface area contributed by atoms with Gasteiger partial charge in [-0.3, -0.25) is 4.79 Å². The number of hydrogen-bond donors (Lipinski definition) is 0. The number of carbonyl (C=O) groups is 1. The van der Waals surface area contributed by atoms with Crippen molar-refractivity contribution in [1.82, 2.24) is 0 Å². The van der Waals surface area contributed by atoms with Gasteiger partial charge in [0.1, 0.15) is 6.61 Å². The molecule has 0 aromatic heterocycles. The molecule has 0 fully saturated rings. The molecule has 0 aliphatic rings. The Morgan fingerprint density at radius 2 is 1.81 bits per heavy atom. The highest BCUT2D eigenvalue weighted by Gasteiger charge is 2.14. The van der Waals surface area contributed by atoms with Gasteiger partial charge in [-0.1, -0.05) is 40.9 Å². The second-order valence-electron chi connectivity index (χ2n) is 4.13. The first-order chi connectivity index (χ1) is 10.1. The maximum atomic E-state index is 11.1. The Balaban J connectivity index is 2.34. The van der Waals surface area contributed by atoms with Crippen molar-refractivity contribution in [3.63, 3.8) is 0 Å². The van der Waals surface area contributed by atoms with Gasteiger partial charge in [-0.25, -0.2) is 0 Å². The Kier molecular flexibility index (Phi) is 5.34. The molecule has 0 heterocycles. The Bertz CT molecular complexity index is 651. The lowest BCUT2D eigenvalue weighted by Crippen LogP contribution is -2.02. The molecule has 0 radical (unpaired) electrons. The summed E-state index contributed by atoms with van der Waals surface area (Å²) in [5, 5.41) is 1.36. The van der Waals surface area contributed by atoms with E-state index in [1.165, 1.54) is 13.2 Å². The van der Waals surface area contributed by atoms with Crippen molar-refractivity contribution in [2.24, 2.45) is 0 Å². The number of aldehydes is 1. The summed E-state index contributed by atoms with van der Waals surface area (Å²) in [4.78, 5) is 11.1. The van der Waals surface area contributed by atoms with E-state index < -0.39 is 0 Å². The van der Waals surface area contributed by atoms with Crippen LogP contribution in [0.3, 0.4) is 0 Å². The molecule has 0 saturated carbocycles. The summed E-state index contributed by atoms with van der Waals surface area (Å²) in [6.45, 7) is 0.108. The van der Waals surface area contributed by atoms with Crippen LogP contribution in [-0.4, -0.2) is 13.4 Å². The lowest BCUT2D eigenvalue weighted by molar-refractivity contribution is 0.111. The molecule has 0 bridgehead atoms. The van der Waals surface area contributed by atoms with Crippen LogP contribution in [0, 0.1) is 0 Å². The van der Waals surface area contributed by atoms with Gasteiger partial charge in [-0.05, 0) is 18.2 Å². The van der Waals surface area contributed by atoms with Crippen LogP contribution in [0.2, 0.25) is 15.1 Å². The SMILES string of the molecule is COc1cc(Cl)cc(C=O)c1OCc1c(Cl)cccc1Cl. The predicted molar refractivity (Wildman–Crippen MR) is 84.2 cm³/mol. The molecule has 0 aliphatic carbocycles. The van der Waals surface area contributed by atoms with E-state index in [1.807, 2.05) is 0 Å². The van der Waals surface area contributed by atoms with Crippen LogP contribution in [0.4, 0.5) is 0 Å². The van der Waals surface area contributed by atoms with Crippen LogP contribution in [0.1, 0.15) is 15.9 Å². The molecule has 110 valence electrons. The van der Waals surface area contributed by atoms with Gasteiger partial charge in [0.15, 0.2) is 17.8 Å². The predicted octanol–water partition coefficient (Wildman–Crippen LogP) is 5.05. The van der Waals surface area contributed by atoms with Crippen LogP contribution >= 0.6 is 34.8 Å². The van der Waals surface area contributed by atoms with E-state index in [1.54, 1.807) is 24.3 Å². The van der Waals surface area contributed by atoms with Crippen LogP contribution in [0.25, 0.3) is 0 Å². The van der Waals surface area contributed by atoms with Crippen molar-refractivity contribution in [3.05, 3.63) is 56.5 Å². The zero-order valence-corrected chi connectivity index (χ0v) is 13.3. The minimum absolute atomic E-state index is 0.108. The largest absolute Gasteiger partial charge is 0.493 e. The lowest BCUT2D eigenvalue weighted by Gasteiger charge is -2.14. The van der Waals surface area contributed by atoms with Gasteiger partial charge in [-0.2, -0.15) is 0 Å². The highest BCUT2D eigenvalue weighted by atomic mass is 35.5. The normalized spacial score (nSPS) is 10.3. The molecular weight excluding hydrogens is 335 g/mol. The minimum Gasteiger partial charge on any atom is -0.493 e. The summed E-state index contributed by atoms with van der Waals surface area (Å²) in [7, 11) is 1.47. The Labute approximate surface area is 137 Å². The summed E-state index contributed by atoms with van der Waals surface area (Å²) in [6, 6.07) is 8.24. The summed E-state index contributed by atoms with van der Waals surface area (Å²) >= 11 is 18.1. The van der Waals surface area contributed by atoms with Crippen LogP contribution in [-0.2, 0) is 6.61 Å². The zero-order valence-electron chi connectivity index (χ0n) is 11.0. The van der Waals surface area contributed by atoms with E-state index in [2.05, 4.69) is 0 Å². The van der Waals surface area contributed by atoms with Gasteiger partial charge in [-0.15, -0.1) is 0 Å². The summed E-state index contributed by atoms with van der Waals surface area (Å²) in [5.41, 5.74) is 0.928. The monoisotopic (exact) mass is 344 g/mol. The second kappa shape index (κ2) is 7.03. The smallest absolute Gasteiger partial charge is 0.172 e. The van der Waals surface area contributed by atoms with Gasteiger partial charge >= 0.3 is 0 Å². The summed E-state index contributed by atoms with van der Waals surface area (Å²) in [5.74, 6) is 0.667.